The summed E-state index contributed by atoms with van der Waals surface area (Å²) in [6.45, 7) is -0.304. The normalized spacial score (nSPS) is 11.9. The van der Waals surface area contributed by atoms with Crippen LogP contribution in [-0.4, -0.2) is 40.0 Å². The molecule has 4 rings (SSSR count). The molecule has 1 unspecified atom stereocenters. The lowest BCUT2D eigenvalue weighted by Gasteiger charge is -2.24. The molecule has 2 heterocycles. The number of aliphatic carboxylic acids is 1. The van der Waals surface area contributed by atoms with E-state index < -0.39 is 12.5 Å². The summed E-state index contributed by atoms with van der Waals surface area (Å²) in [5.74, 6) is 0.192. The van der Waals surface area contributed by atoms with E-state index in [4.69, 9.17) is 15.6 Å². The van der Waals surface area contributed by atoms with Crippen LogP contribution in [-0.2, 0) is 17.7 Å². The Hall–Kier alpha value is -4.39. The number of ether oxygens (including phenoxy) is 1. The number of carbonyl (C=O) groups is 2. The van der Waals surface area contributed by atoms with E-state index in [9.17, 15) is 9.59 Å². The van der Waals surface area contributed by atoms with E-state index in [1.165, 1.54) is 4.90 Å². The predicted octanol–water partition coefficient (Wildman–Crippen LogP) is 6.25. The average Bonchev–Trinajstić information content (AvgIpc) is 3.51. The average molecular weight is 514 g/mol. The summed E-state index contributed by atoms with van der Waals surface area (Å²) in [6, 6.07) is 23.8. The van der Waals surface area contributed by atoms with Crippen molar-refractivity contribution in [2.24, 2.45) is 0 Å². The van der Waals surface area contributed by atoms with Crippen molar-refractivity contribution >= 4 is 11.9 Å². The van der Waals surface area contributed by atoms with Crippen LogP contribution >= 0.6 is 0 Å². The lowest BCUT2D eigenvalue weighted by molar-refractivity contribution is -0.137. The van der Waals surface area contributed by atoms with Crippen molar-refractivity contribution in [1.29, 1.82) is 0 Å². The molecule has 2 aromatic carbocycles. The summed E-state index contributed by atoms with van der Waals surface area (Å²) in [7, 11) is 0. The van der Waals surface area contributed by atoms with Crippen molar-refractivity contribution in [2.45, 2.75) is 38.6 Å². The molecule has 0 fully saturated rings. The van der Waals surface area contributed by atoms with E-state index in [-0.39, 0.29) is 12.3 Å². The van der Waals surface area contributed by atoms with Crippen molar-refractivity contribution in [3.05, 3.63) is 108 Å². The minimum Gasteiger partial charge on any atom is -0.493 e. The molecule has 1 atom stereocenters. The Balaban J connectivity index is 1.51. The molecule has 0 saturated heterocycles. The Bertz CT molecular complexity index is 1330. The standard InChI is InChI=1S/C31H32N2O5/c34-30(35)13-2-1-7-21-37-29-11-4-3-9-26(29)23-33(20-18-27-10-5-6-19-32-27)31(36)25-16-14-24(15-17-25)28-12-8-22-38-28/h3-6,8-12,14-17,19,22H,1-2,7,13,18,20-21,23H2,(H,34,35)/i23D. The third-order valence-corrected chi connectivity index (χ3v) is 6.04. The number of nitrogens with zero attached hydrogens (tertiary/aromatic N) is 2. The van der Waals surface area contributed by atoms with Crippen molar-refractivity contribution < 1.29 is 25.2 Å². The Kier molecular flexibility index (Phi) is 9.17. The van der Waals surface area contributed by atoms with Crippen molar-refractivity contribution in [3.63, 3.8) is 0 Å². The summed E-state index contributed by atoms with van der Waals surface area (Å²) in [6.07, 6.45) is 5.99. The molecule has 1 N–H and O–H groups in total. The van der Waals surface area contributed by atoms with Crippen LogP contribution in [0.1, 0.15) is 48.7 Å². The predicted molar refractivity (Wildman–Crippen MR) is 145 cm³/mol. The molecule has 38 heavy (non-hydrogen) atoms. The lowest BCUT2D eigenvalue weighted by atomic mass is 10.1. The first-order chi connectivity index (χ1) is 19.0. The Morgan fingerprint density at radius 2 is 1.76 bits per heavy atom. The van der Waals surface area contributed by atoms with Gasteiger partial charge in [-0.3, -0.25) is 14.6 Å². The summed E-state index contributed by atoms with van der Waals surface area (Å²) in [5, 5.41) is 8.81. The monoisotopic (exact) mass is 513 g/mol. The van der Waals surface area contributed by atoms with Crippen LogP contribution in [0.5, 0.6) is 5.75 Å². The molecule has 1 amide bonds. The summed E-state index contributed by atoms with van der Waals surface area (Å²) in [4.78, 5) is 30.4. The fourth-order valence-electron chi connectivity index (χ4n) is 4.02. The van der Waals surface area contributed by atoms with Crippen molar-refractivity contribution in [2.75, 3.05) is 13.2 Å². The number of aromatic nitrogens is 1. The summed E-state index contributed by atoms with van der Waals surface area (Å²) >= 11 is 0. The maximum Gasteiger partial charge on any atom is 0.303 e. The summed E-state index contributed by atoms with van der Waals surface area (Å²) < 4.78 is 20.6. The zero-order valence-corrected chi connectivity index (χ0v) is 21.2. The van der Waals surface area contributed by atoms with Gasteiger partial charge in [0.15, 0.2) is 0 Å². The zero-order valence-electron chi connectivity index (χ0n) is 22.2. The van der Waals surface area contributed by atoms with Gasteiger partial charge < -0.3 is 19.2 Å². The van der Waals surface area contributed by atoms with Crippen LogP contribution in [0.25, 0.3) is 11.3 Å². The van der Waals surface area contributed by atoms with Gasteiger partial charge in [-0.1, -0.05) is 36.4 Å². The quantitative estimate of drug-likeness (QED) is 0.200. The van der Waals surface area contributed by atoms with Gasteiger partial charge in [-0.05, 0) is 61.7 Å². The second-order valence-corrected chi connectivity index (χ2v) is 8.84. The smallest absolute Gasteiger partial charge is 0.303 e. The minimum absolute atomic E-state index is 0.140. The van der Waals surface area contributed by atoms with Gasteiger partial charge in [-0.15, -0.1) is 0 Å². The number of pyridine rings is 1. The number of carbonyl (C=O) groups excluding carboxylic acids is 1. The van der Waals surface area contributed by atoms with Crippen LogP contribution in [0.2, 0.25) is 0 Å². The van der Waals surface area contributed by atoms with E-state index in [0.29, 0.717) is 55.1 Å². The molecular weight excluding hydrogens is 480 g/mol. The molecule has 2 aromatic heterocycles. The van der Waals surface area contributed by atoms with Gasteiger partial charge in [-0.25, -0.2) is 0 Å². The molecule has 196 valence electrons. The van der Waals surface area contributed by atoms with Gasteiger partial charge >= 0.3 is 5.97 Å². The van der Waals surface area contributed by atoms with E-state index in [0.717, 1.165) is 17.7 Å². The highest BCUT2D eigenvalue weighted by molar-refractivity contribution is 5.94. The first-order valence-electron chi connectivity index (χ1n) is 13.3. The second kappa shape index (κ2) is 13.8. The number of para-hydroxylation sites is 1. The Morgan fingerprint density at radius 3 is 2.50 bits per heavy atom. The molecule has 0 aliphatic carbocycles. The second-order valence-electron chi connectivity index (χ2n) is 8.84. The molecule has 7 nitrogen and oxygen atoms in total. The van der Waals surface area contributed by atoms with Crippen LogP contribution in [0.15, 0.2) is 95.7 Å². The van der Waals surface area contributed by atoms with Gasteiger partial charge in [0.2, 0.25) is 0 Å². The number of benzene rings is 2. The van der Waals surface area contributed by atoms with Crippen LogP contribution in [0, 0.1) is 0 Å². The molecule has 4 aromatic rings. The van der Waals surface area contributed by atoms with Gasteiger partial charge in [-0.2, -0.15) is 0 Å². The topological polar surface area (TPSA) is 92.9 Å². The Morgan fingerprint density at radius 1 is 0.947 bits per heavy atom. The molecule has 0 aliphatic rings. The first-order valence-corrected chi connectivity index (χ1v) is 12.7. The van der Waals surface area contributed by atoms with Gasteiger partial charge in [0.05, 0.1) is 14.2 Å². The first kappa shape index (κ1) is 25.3. The van der Waals surface area contributed by atoms with E-state index in [1.807, 2.05) is 54.6 Å². The fourth-order valence-corrected chi connectivity index (χ4v) is 4.02. The summed E-state index contributed by atoms with van der Waals surface area (Å²) in [5.41, 5.74) is 2.76. The lowest BCUT2D eigenvalue weighted by Crippen LogP contribution is -2.32. The van der Waals surface area contributed by atoms with Gasteiger partial charge in [0.25, 0.3) is 5.91 Å². The van der Waals surface area contributed by atoms with E-state index >= 15 is 0 Å². The van der Waals surface area contributed by atoms with E-state index in [2.05, 4.69) is 4.98 Å². The fraction of sp³-hybridized carbons (Fsp3) is 0.258. The number of furan rings is 1. The molecule has 0 bridgehead atoms. The number of hydrogen-bond acceptors (Lipinski definition) is 5. The third-order valence-electron chi connectivity index (χ3n) is 6.04. The van der Waals surface area contributed by atoms with E-state index in [1.54, 1.807) is 36.7 Å². The molecule has 0 aliphatic heterocycles. The number of carboxylic acids is 1. The molecular formula is C31H32N2O5. The van der Waals surface area contributed by atoms with Crippen molar-refractivity contribution in [3.8, 4) is 17.1 Å². The number of carboxylic acid groups (broad SMARTS) is 1. The van der Waals surface area contributed by atoms with Crippen LogP contribution in [0.3, 0.4) is 0 Å². The molecule has 0 saturated carbocycles. The van der Waals surface area contributed by atoms with Crippen LogP contribution < -0.4 is 4.74 Å². The molecule has 0 spiro atoms. The highest BCUT2D eigenvalue weighted by Crippen LogP contribution is 2.24. The number of unbranched alkanes of at least 4 members (excludes halogenated alkanes) is 2. The molecule has 0 radical (unpaired) electrons. The number of amides is 1. The maximum atomic E-state index is 13.8. The largest absolute Gasteiger partial charge is 0.493 e. The minimum atomic E-state index is -1.01. The van der Waals surface area contributed by atoms with Gasteiger partial charge in [0.1, 0.15) is 11.5 Å². The maximum absolute atomic E-state index is 13.8. The highest BCUT2D eigenvalue weighted by Gasteiger charge is 2.19. The van der Waals surface area contributed by atoms with Crippen molar-refractivity contribution in [1.82, 2.24) is 9.88 Å². The van der Waals surface area contributed by atoms with Gasteiger partial charge in [0, 0.05) is 54.5 Å². The number of hydrogen-bond donors (Lipinski definition) is 1. The third kappa shape index (κ3) is 7.80. The highest BCUT2D eigenvalue weighted by atomic mass is 16.5. The number of rotatable bonds is 14. The Labute approximate surface area is 224 Å². The molecule has 7 heteroatoms. The zero-order chi connectivity index (χ0) is 27.5. The van der Waals surface area contributed by atoms with Crippen LogP contribution in [0.4, 0.5) is 0 Å². The SMILES string of the molecule is [2H]C(c1ccccc1OCCCCCC(=O)O)N(CCc1ccccn1)C(=O)c1ccc(-c2ccco2)cc1.